The van der Waals surface area contributed by atoms with Crippen LogP contribution in [0.25, 0.3) is 10.9 Å². The van der Waals surface area contributed by atoms with E-state index in [-0.39, 0.29) is 5.31 Å². The third-order valence-corrected chi connectivity index (χ3v) is 2.26. The fourth-order valence-corrected chi connectivity index (χ4v) is 1.42. The average molecular weight is 181 g/mol. The maximum atomic E-state index is 5.99. The van der Waals surface area contributed by atoms with Gasteiger partial charge in [0.25, 0.3) is 0 Å². The van der Waals surface area contributed by atoms with Gasteiger partial charge in [0.05, 0.1) is 13.4 Å². The number of para-hydroxylation sites is 1. The summed E-state index contributed by atoms with van der Waals surface area (Å²) in [7, 11) is 5.99. The largest absolute Gasteiger partial charge is 0.253 e. The van der Waals surface area contributed by atoms with Crippen LogP contribution in [0, 0.1) is 0 Å². The molecule has 0 fully saturated rings. The summed E-state index contributed by atoms with van der Waals surface area (Å²) in [6.07, 6.45) is 0. The molecule has 2 heteroatoms. The monoisotopic (exact) mass is 181 g/mol. The van der Waals surface area contributed by atoms with Gasteiger partial charge in [0, 0.05) is 11.1 Å². The van der Waals surface area contributed by atoms with Gasteiger partial charge in [-0.3, -0.25) is 4.98 Å². The molecule has 68 valence electrons. The molecule has 2 radical (unpaired) electrons. The fourth-order valence-electron chi connectivity index (χ4n) is 1.42. The van der Waals surface area contributed by atoms with Crippen molar-refractivity contribution in [3.8, 4) is 0 Å². The van der Waals surface area contributed by atoms with E-state index >= 15 is 0 Å². The minimum absolute atomic E-state index is 0.371. The third-order valence-electron chi connectivity index (χ3n) is 2.26. The molecule has 0 unspecified atom stereocenters. The molecule has 0 aliphatic heterocycles. The lowest BCUT2D eigenvalue weighted by Crippen LogP contribution is -2.18. The van der Waals surface area contributed by atoms with E-state index in [4.69, 9.17) is 7.85 Å². The Morgan fingerprint density at radius 1 is 1.07 bits per heavy atom. The number of rotatable bonds is 1. The van der Waals surface area contributed by atoms with Gasteiger partial charge in [-0.05, 0) is 17.4 Å². The lowest BCUT2D eigenvalue weighted by molar-refractivity contribution is 0.735. The van der Waals surface area contributed by atoms with Crippen LogP contribution in [0.5, 0.6) is 0 Å². The van der Waals surface area contributed by atoms with Crippen molar-refractivity contribution in [2.24, 2.45) is 0 Å². The first-order valence-electron chi connectivity index (χ1n) is 4.72. The fraction of sp³-hybridized carbons (Fsp3) is 0.250. The van der Waals surface area contributed by atoms with Crippen LogP contribution < -0.4 is 0 Å². The summed E-state index contributed by atoms with van der Waals surface area (Å²) in [6.45, 7) is 3.92. The second kappa shape index (κ2) is 3.12. The van der Waals surface area contributed by atoms with E-state index in [0.29, 0.717) is 0 Å². The summed E-state index contributed by atoms with van der Waals surface area (Å²) in [5.41, 5.74) is 1.93. The molecule has 0 spiro atoms. The lowest BCUT2D eigenvalue weighted by Gasteiger charge is -2.18. The second-order valence-electron chi connectivity index (χ2n) is 4.11. The van der Waals surface area contributed by atoms with E-state index in [2.05, 4.69) is 17.1 Å². The molecular formula is C12H12BN. The quantitative estimate of drug-likeness (QED) is 0.616. The van der Waals surface area contributed by atoms with Gasteiger partial charge in [-0.15, -0.1) is 0 Å². The zero-order valence-electron chi connectivity index (χ0n) is 8.49. The molecule has 1 aromatic heterocycles. The van der Waals surface area contributed by atoms with Gasteiger partial charge in [-0.2, -0.15) is 0 Å². The number of nitrogens with zero attached hydrogens (tertiary/aromatic N) is 1. The highest BCUT2D eigenvalue weighted by atomic mass is 14.7. The minimum atomic E-state index is -0.371. The van der Waals surface area contributed by atoms with E-state index in [1.807, 2.05) is 38.1 Å². The first-order valence-corrected chi connectivity index (χ1v) is 4.72. The molecule has 0 amide bonds. The van der Waals surface area contributed by atoms with Crippen molar-refractivity contribution < 1.29 is 0 Å². The van der Waals surface area contributed by atoms with Crippen LogP contribution in [0.4, 0.5) is 0 Å². The maximum Gasteiger partial charge on any atom is 0.0824 e. The van der Waals surface area contributed by atoms with Crippen LogP contribution in [0.1, 0.15) is 19.5 Å². The van der Waals surface area contributed by atoms with Gasteiger partial charge in [0.2, 0.25) is 0 Å². The Balaban J connectivity index is 2.63. The van der Waals surface area contributed by atoms with Crippen LogP contribution in [-0.4, -0.2) is 12.8 Å². The zero-order chi connectivity index (χ0) is 10.2. The molecule has 0 aliphatic rings. The van der Waals surface area contributed by atoms with Crippen LogP contribution in [0.3, 0.4) is 0 Å². The normalized spacial score (nSPS) is 11.9. The molecular weight excluding hydrogens is 169 g/mol. The second-order valence-corrected chi connectivity index (χ2v) is 4.11. The Morgan fingerprint density at radius 3 is 2.50 bits per heavy atom. The number of pyridine rings is 1. The number of aromatic nitrogens is 1. The minimum Gasteiger partial charge on any atom is -0.253 e. The smallest absolute Gasteiger partial charge is 0.0824 e. The summed E-state index contributed by atoms with van der Waals surface area (Å²) in [6, 6.07) is 12.1. The molecule has 1 aromatic carbocycles. The SMILES string of the molecule is [B]C(C)(C)c1ccc2ccccc2n1. The Hall–Kier alpha value is -1.31. The molecule has 1 heterocycles. The standard InChI is InChI=1S/C12H12BN/c1-12(2,13)11-8-7-9-5-3-4-6-10(9)14-11/h3-8H,1-2H3. The summed E-state index contributed by atoms with van der Waals surface area (Å²) in [4.78, 5) is 4.52. The highest BCUT2D eigenvalue weighted by molar-refractivity contribution is 6.15. The molecule has 0 atom stereocenters. The summed E-state index contributed by atoms with van der Waals surface area (Å²) >= 11 is 0. The highest BCUT2D eigenvalue weighted by Gasteiger charge is 2.14. The first kappa shape index (κ1) is 9.26. The zero-order valence-corrected chi connectivity index (χ0v) is 8.49. The van der Waals surface area contributed by atoms with Gasteiger partial charge < -0.3 is 0 Å². The van der Waals surface area contributed by atoms with Crippen LogP contribution in [0.2, 0.25) is 0 Å². The molecule has 0 saturated heterocycles. The van der Waals surface area contributed by atoms with Crippen molar-refractivity contribution in [1.82, 2.24) is 4.98 Å². The van der Waals surface area contributed by atoms with E-state index in [1.165, 1.54) is 0 Å². The Labute approximate surface area is 85.6 Å². The van der Waals surface area contributed by atoms with Gasteiger partial charge in [-0.1, -0.05) is 38.1 Å². The van der Waals surface area contributed by atoms with Gasteiger partial charge >= 0.3 is 0 Å². The molecule has 2 rings (SSSR count). The summed E-state index contributed by atoms with van der Waals surface area (Å²) in [5, 5.41) is 0.782. The number of fused-ring (bicyclic) bond motifs is 1. The molecule has 0 N–H and O–H groups in total. The molecule has 0 bridgehead atoms. The molecule has 0 saturated carbocycles. The van der Waals surface area contributed by atoms with Crippen LogP contribution in [-0.2, 0) is 5.31 Å². The van der Waals surface area contributed by atoms with Crippen LogP contribution in [0.15, 0.2) is 36.4 Å². The van der Waals surface area contributed by atoms with Gasteiger partial charge in [0.15, 0.2) is 0 Å². The third kappa shape index (κ3) is 1.65. The molecule has 0 aliphatic carbocycles. The highest BCUT2D eigenvalue weighted by Crippen LogP contribution is 2.20. The topological polar surface area (TPSA) is 12.9 Å². The Kier molecular flexibility index (Phi) is 2.07. The van der Waals surface area contributed by atoms with Crippen LogP contribution >= 0.6 is 0 Å². The Morgan fingerprint density at radius 2 is 1.79 bits per heavy atom. The van der Waals surface area contributed by atoms with E-state index in [0.717, 1.165) is 16.6 Å². The van der Waals surface area contributed by atoms with Crippen molar-refractivity contribution in [2.75, 3.05) is 0 Å². The number of hydrogen-bond donors (Lipinski definition) is 0. The summed E-state index contributed by atoms with van der Waals surface area (Å²) in [5.74, 6) is 0. The predicted molar refractivity (Wildman–Crippen MR) is 60.5 cm³/mol. The summed E-state index contributed by atoms with van der Waals surface area (Å²) < 4.78 is 0. The van der Waals surface area contributed by atoms with E-state index < -0.39 is 0 Å². The van der Waals surface area contributed by atoms with Crippen molar-refractivity contribution in [3.63, 3.8) is 0 Å². The molecule has 1 nitrogen and oxygen atoms in total. The predicted octanol–water partition coefficient (Wildman–Crippen LogP) is 2.64. The van der Waals surface area contributed by atoms with Crippen molar-refractivity contribution in [2.45, 2.75) is 19.2 Å². The first-order chi connectivity index (χ1) is 6.57. The van der Waals surface area contributed by atoms with Gasteiger partial charge in [-0.25, -0.2) is 0 Å². The van der Waals surface area contributed by atoms with E-state index in [1.54, 1.807) is 0 Å². The maximum absolute atomic E-state index is 5.99. The lowest BCUT2D eigenvalue weighted by atomic mass is 9.70. The average Bonchev–Trinajstić information content (AvgIpc) is 2.16. The molecule has 2 aromatic rings. The number of hydrogen-bond acceptors (Lipinski definition) is 1. The van der Waals surface area contributed by atoms with E-state index in [9.17, 15) is 0 Å². The number of benzene rings is 1. The van der Waals surface area contributed by atoms with Crippen molar-refractivity contribution in [1.29, 1.82) is 0 Å². The molecule has 14 heavy (non-hydrogen) atoms. The van der Waals surface area contributed by atoms with Gasteiger partial charge in [0.1, 0.15) is 0 Å². The van der Waals surface area contributed by atoms with Crippen molar-refractivity contribution in [3.05, 3.63) is 42.1 Å². The van der Waals surface area contributed by atoms with Crippen molar-refractivity contribution >= 4 is 18.7 Å². The Bertz CT molecular complexity index is 457.